The Balaban J connectivity index is 1.72. The van der Waals surface area contributed by atoms with Gasteiger partial charge in [-0.05, 0) is 31.9 Å². The molecule has 2 aliphatic rings. The van der Waals surface area contributed by atoms with Crippen LogP contribution in [0.15, 0.2) is 23.2 Å². The Bertz CT molecular complexity index is 576. The van der Waals surface area contributed by atoms with E-state index in [9.17, 15) is 5.11 Å². The van der Waals surface area contributed by atoms with Gasteiger partial charge < -0.3 is 14.6 Å². The maximum absolute atomic E-state index is 10.3. The van der Waals surface area contributed by atoms with Crippen LogP contribution < -0.4 is 4.74 Å². The first-order chi connectivity index (χ1) is 12.2. The second kappa shape index (κ2) is 8.68. The lowest BCUT2D eigenvalue weighted by Crippen LogP contribution is -2.56. The van der Waals surface area contributed by atoms with Gasteiger partial charge in [0.05, 0.1) is 26.4 Å². The number of ether oxygens (including phenoxy) is 2. The third kappa shape index (κ3) is 4.33. The Labute approximate surface area is 150 Å². The van der Waals surface area contributed by atoms with Crippen LogP contribution in [0, 0.1) is 0 Å². The van der Waals surface area contributed by atoms with Crippen molar-refractivity contribution in [3.8, 4) is 11.5 Å². The largest absolute Gasteiger partial charge is 0.504 e. The Hall–Kier alpha value is -1.59. The summed E-state index contributed by atoms with van der Waals surface area (Å²) in [7, 11) is 0. The van der Waals surface area contributed by atoms with E-state index in [1.54, 1.807) is 12.3 Å². The van der Waals surface area contributed by atoms with E-state index in [0.29, 0.717) is 12.4 Å². The Morgan fingerprint density at radius 1 is 1.24 bits per heavy atom. The second-order valence-electron chi connectivity index (χ2n) is 6.98. The van der Waals surface area contributed by atoms with Gasteiger partial charge in [0.1, 0.15) is 0 Å². The molecular formula is C20H30N2O3. The van der Waals surface area contributed by atoms with Gasteiger partial charge in [-0.1, -0.05) is 25.3 Å². The molecule has 2 fully saturated rings. The maximum Gasteiger partial charge on any atom is 0.166 e. The fourth-order valence-corrected chi connectivity index (χ4v) is 4.05. The third-order valence-electron chi connectivity index (χ3n) is 5.41. The van der Waals surface area contributed by atoms with Crippen molar-refractivity contribution < 1.29 is 14.6 Å². The van der Waals surface area contributed by atoms with E-state index >= 15 is 0 Å². The normalized spacial score (nSPS) is 21.5. The summed E-state index contributed by atoms with van der Waals surface area (Å²) < 4.78 is 11.0. The fourth-order valence-electron chi connectivity index (χ4n) is 4.05. The van der Waals surface area contributed by atoms with Gasteiger partial charge in [-0.3, -0.25) is 9.89 Å². The zero-order valence-electron chi connectivity index (χ0n) is 15.2. The minimum Gasteiger partial charge on any atom is -0.504 e. The number of nitrogens with zero attached hydrogens (tertiary/aromatic N) is 2. The summed E-state index contributed by atoms with van der Waals surface area (Å²) in [5.41, 5.74) is 0.880. The molecule has 0 spiro atoms. The molecule has 1 aliphatic heterocycles. The summed E-state index contributed by atoms with van der Waals surface area (Å²) in [6, 6.07) is 5.56. The van der Waals surface area contributed by atoms with E-state index in [1.807, 2.05) is 19.1 Å². The predicted octanol–water partition coefficient (Wildman–Crippen LogP) is 3.24. The Morgan fingerprint density at radius 2 is 2.00 bits per heavy atom. The molecule has 1 aromatic rings. The van der Waals surface area contributed by atoms with E-state index in [0.717, 1.165) is 38.4 Å². The summed E-state index contributed by atoms with van der Waals surface area (Å²) in [5, 5.41) is 10.3. The van der Waals surface area contributed by atoms with Crippen molar-refractivity contribution in [2.45, 2.75) is 44.6 Å². The molecule has 0 aromatic heterocycles. The van der Waals surface area contributed by atoms with Crippen molar-refractivity contribution in [1.82, 2.24) is 4.90 Å². The van der Waals surface area contributed by atoms with Crippen LogP contribution in [0.3, 0.4) is 0 Å². The molecule has 0 atom stereocenters. The van der Waals surface area contributed by atoms with Gasteiger partial charge in [0.25, 0.3) is 0 Å². The number of para-hydroxylation sites is 1. The van der Waals surface area contributed by atoms with E-state index < -0.39 is 0 Å². The van der Waals surface area contributed by atoms with Gasteiger partial charge in [-0.25, -0.2) is 0 Å². The van der Waals surface area contributed by atoms with Crippen molar-refractivity contribution in [3.63, 3.8) is 0 Å². The standard InChI is InChI=1S/C20H30N2O3/c1-2-25-18-8-6-7-17(19(18)23)15-21-16-20(9-4-3-5-10-20)22-11-13-24-14-12-22/h6-8,15,23H,2-5,9-14,16H2,1H3. The van der Waals surface area contributed by atoms with Crippen LogP contribution in [-0.4, -0.2) is 61.2 Å². The summed E-state index contributed by atoms with van der Waals surface area (Å²) >= 11 is 0. The number of phenols is 1. The van der Waals surface area contributed by atoms with Gasteiger partial charge in [0.2, 0.25) is 0 Å². The van der Waals surface area contributed by atoms with Crippen LogP contribution in [0.4, 0.5) is 0 Å². The highest BCUT2D eigenvalue weighted by Crippen LogP contribution is 2.35. The molecule has 138 valence electrons. The van der Waals surface area contributed by atoms with E-state index in [-0.39, 0.29) is 11.3 Å². The Kier molecular flexibility index (Phi) is 6.32. The maximum atomic E-state index is 10.3. The highest BCUT2D eigenvalue weighted by Gasteiger charge is 2.38. The number of hydrogen-bond donors (Lipinski definition) is 1. The van der Waals surface area contributed by atoms with Crippen molar-refractivity contribution >= 4 is 6.21 Å². The number of aliphatic imine (C=N–C) groups is 1. The lowest BCUT2D eigenvalue weighted by Gasteiger charge is -2.47. The number of hydrogen-bond acceptors (Lipinski definition) is 5. The molecular weight excluding hydrogens is 316 g/mol. The van der Waals surface area contributed by atoms with E-state index in [1.165, 1.54) is 32.1 Å². The zero-order valence-corrected chi connectivity index (χ0v) is 15.2. The molecule has 1 aliphatic carbocycles. The smallest absolute Gasteiger partial charge is 0.166 e. The Morgan fingerprint density at radius 3 is 2.72 bits per heavy atom. The minimum absolute atomic E-state index is 0.158. The molecule has 0 amide bonds. The van der Waals surface area contributed by atoms with Gasteiger partial charge in [0.15, 0.2) is 11.5 Å². The lowest BCUT2D eigenvalue weighted by atomic mass is 9.80. The number of aromatic hydroxyl groups is 1. The number of phenolic OH excluding ortho intramolecular Hbond substituents is 1. The van der Waals surface area contributed by atoms with Crippen molar-refractivity contribution in [2.75, 3.05) is 39.5 Å². The molecule has 3 rings (SSSR count). The van der Waals surface area contributed by atoms with Crippen LogP contribution in [-0.2, 0) is 4.74 Å². The summed E-state index contributed by atoms with van der Waals surface area (Å²) in [5.74, 6) is 0.698. The molecule has 0 radical (unpaired) electrons. The number of benzene rings is 1. The van der Waals surface area contributed by atoms with Crippen LogP contribution in [0.1, 0.15) is 44.6 Å². The van der Waals surface area contributed by atoms with Gasteiger partial charge in [-0.15, -0.1) is 0 Å². The molecule has 0 unspecified atom stereocenters. The first kappa shape index (κ1) is 18.2. The average Bonchev–Trinajstić information content (AvgIpc) is 2.66. The lowest BCUT2D eigenvalue weighted by molar-refractivity contribution is -0.0332. The van der Waals surface area contributed by atoms with Gasteiger partial charge >= 0.3 is 0 Å². The van der Waals surface area contributed by atoms with Crippen LogP contribution in [0.25, 0.3) is 0 Å². The van der Waals surface area contributed by atoms with Crippen LogP contribution >= 0.6 is 0 Å². The van der Waals surface area contributed by atoms with Crippen molar-refractivity contribution in [1.29, 1.82) is 0 Å². The van der Waals surface area contributed by atoms with E-state index in [2.05, 4.69) is 4.90 Å². The molecule has 5 nitrogen and oxygen atoms in total. The molecule has 1 heterocycles. The summed E-state index contributed by atoms with van der Waals surface area (Å²) in [6.45, 7) is 6.88. The highest BCUT2D eigenvalue weighted by molar-refractivity contribution is 5.84. The minimum atomic E-state index is 0.158. The monoisotopic (exact) mass is 346 g/mol. The summed E-state index contributed by atoms with van der Waals surface area (Å²) in [6.07, 6.45) is 8.09. The van der Waals surface area contributed by atoms with Crippen molar-refractivity contribution in [3.05, 3.63) is 23.8 Å². The van der Waals surface area contributed by atoms with Crippen LogP contribution in [0.2, 0.25) is 0 Å². The fraction of sp³-hybridized carbons (Fsp3) is 0.650. The SMILES string of the molecule is CCOc1cccc(C=NCC2(N3CCOCC3)CCCCC2)c1O. The zero-order chi connectivity index (χ0) is 17.5. The first-order valence-corrected chi connectivity index (χ1v) is 9.52. The molecule has 0 bridgehead atoms. The quantitative estimate of drug-likeness (QED) is 0.804. The molecule has 5 heteroatoms. The predicted molar refractivity (Wildman–Crippen MR) is 99.9 cm³/mol. The van der Waals surface area contributed by atoms with E-state index in [4.69, 9.17) is 14.5 Å². The van der Waals surface area contributed by atoms with Crippen LogP contribution in [0.5, 0.6) is 11.5 Å². The number of morpholine rings is 1. The van der Waals surface area contributed by atoms with Crippen molar-refractivity contribution in [2.24, 2.45) is 4.99 Å². The average molecular weight is 346 g/mol. The second-order valence-corrected chi connectivity index (χ2v) is 6.98. The van der Waals surface area contributed by atoms with Gasteiger partial charge in [0, 0.05) is 30.4 Å². The summed E-state index contributed by atoms with van der Waals surface area (Å²) in [4.78, 5) is 7.34. The molecule has 1 N–H and O–H groups in total. The molecule has 1 saturated heterocycles. The van der Waals surface area contributed by atoms with Gasteiger partial charge in [-0.2, -0.15) is 0 Å². The highest BCUT2D eigenvalue weighted by atomic mass is 16.5. The number of rotatable bonds is 6. The molecule has 25 heavy (non-hydrogen) atoms. The third-order valence-corrected chi connectivity index (χ3v) is 5.41. The topological polar surface area (TPSA) is 54.3 Å². The molecule has 1 saturated carbocycles. The molecule has 1 aromatic carbocycles. The first-order valence-electron chi connectivity index (χ1n) is 9.52.